The molecular weight excluding hydrogens is 210 g/mol. The predicted octanol–water partition coefficient (Wildman–Crippen LogP) is 0.865. The van der Waals surface area contributed by atoms with Crippen LogP contribution in [0.4, 0.5) is 16.2 Å². The average Bonchev–Trinajstić information content (AvgIpc) is 2.16. The van der Waals surface area contributed by atoms with Gasteiger partial charge in [-0.3, -0.25) is 4.79 Å². The molecule has 0 fully saturated rings. The molecule has 0 unspecified atom stereocenters. The van der Waals surface area contributed by atoms with Crippen molar-refractivity contribution in [2.75, 3.05) is 17.6 Å². The van der Waals surface area contributed by atoms with E-state index < -0.39 is 6.09 Å². The second-order valence-corrected chi connectivity index (χ2v) is 3.16. The van der Waals surface area contributed by atoms with Gasteiger partial charge in [0.15, 0.2) is 0 Å². The van der Waals surface area contributed by atoms with E-state index >= 15 is 0 Å². The number of hydrogen-bond donors (Lipinski definition) is 4. The van der Waals surface area contributed by atoms with E-state index in [4.69, 9.17) is 10.8 Å². The molecule has 16 heavy (non-hydrogen) atoms. The second kappa shape index (κ2) is 5.59. The lowest BCUT2D eigenvalue weighted by Gasteiger charge is -2.05. The van der Waals surface area contributed by atoms with E-state index in [1.54, 1.807) is 24.3 Å². The first-order valence-corrected chi connectivity index (χ1v) is 4.70. The Kier molecular flexibility index (Phi) is 4.14. The molecule has 0 saturated carbocycles. The Bertz CT molecular complexity index is 393. The lowest BCUT2D eigenvalue weighted by atomic mass is 10.2. The molecule has 1 rings (SSSR count). The van der Waals surface area contributed by atoms with Crippen LogP contribution in [0.25, 0.3) is 0 Å². The normalized spacial score (nSPS) is 9.50. The molecule has 0 spiro atoms. The molecule has 2 amide bonds. The molecule has 0 aliphatic carbocycles. The third kappa shape index (κ3) is 4.32. The Morgan fingerprint density at radius 3 is 2.75 bits per heavy atom. The second-order valence-electron chi connectivity index (χ2n) is 3.16. The van der Waals surface area contributed by atoms with Crippen LogP contribution in [0.1, 0.15) is 6.42 Å². The number of carboxylic acid groups (broad SMARTS) is 1. The van der Waals surface area contributed by atoms with Gasteiger partial charge in [0.1, 0.15) is 0 Å². The van der Waals surface area contributed by atoms with Crippen LogP contribution in [-0.2, 0) is 4.79 Å². The summed E-state index contributed by atoms with van der Waals surface area (Å²) in [7, 11) is 0. The minimum Gasteiger partial charge on any atom is -0.465 e. The van der Waals surface area contributed by atoms with E-state index in [0.717, 1.165) is 0 Å². The summed E-state index contributed by atoms with van der Waals surface area (Å²) in [6.45, 7) is 0.0868. The first kappa shape index (κ1) is 11.8. The van der Waals surface area contributed by atoms with Crippen LogP contribution in [0.15, 0.2) is 24.3 Å². The number of carbonyl (C=O) groups excluding carboxylic acids is 1. The maximum atomic E-state index is 11.3. The highest BCUT2D eigenvalue weighted by Gasteiger charge is 2.03. The van der Waals surface area contributed by atoms with Gasteiger partial charge in [0.05, 0.1) is 0 Å². The Morgan fingerprint density at radius 1 is 1.38 bits per heavy atom. The van der Waals surface area contributed by atoms with E-state index in [0.29, 0.717) is 11.4 Å². The molecule has 1 aromatic carbocycles. The summed E-state index contributed by atoms with van der Waals surface area (Å²) >= 11 is 0. The standard InChI is InChI=1S/C10H13N3O3/c11-7-2-1-3-8(6-7)13-9(14)4-5-12-10(15)16/h1-3,6,12H,4-5,11H2,(H,13,14)(H,15,16). The van der Waals surface area contributed by atoms with Crippen molar-refractivity contribution in [2.24, 2.45) is 0 Å². The first-order valence-electron chi connectivity index (χ1n) is 4.70. The predicted molar refractivity (Wildman–Crippen MR) is 60.1 cm³/mol. The van der Waals surface area contributed by atoms with Crippen LogP contribution in [-0.4, -0.2) is 23.7 Å². The van der Waals surface area contributed by atoms with Gasteiger partial charge in [-0.05, 0) is 18.2 Å². The van der Waals surface area contributed by atoms with Crippen LogP contribution >= 0.6 is 0 Å². The van der Waals surface area contributed by atoms with Crippen LogP contribution in [0, 0.1) is 0 Å². The number of carbonyl (C=O) groups is 2. The Morgan fingerprint density at radius 2 is 2.12 bits per heavy atom. The van der Waals surface area contributed by atoms with Crippen molar-refractivity contribution in [3.05, 3.63) is 24.3 Å². The van der Waals surface area contributed by atoms with E-state index in [1.165, 1.54) is 0 Å². The summed E-state index contributed by atoms with van der Waals surface area (Å²) in [5.41, 5.74) is 6.69. The van der Waals surface area contributed by atoms with Crippen molar-refractivity contribution in [1.29, 1.82) is 0 Å². The minimum absolute atomic E-state index is 0.0844. The van der Waals surface area contributed by atoms with Gasteiger partial charge in [-0.1, -0.05) is 6.07 Å². The Balaban J connectivity index is 2.37. The first-order chi connectivity index (χ1) is 7.58. The largest absolute Gasteiger partial charge is 0.465 e. The van der Waals surface area contributed by atoms with Crippen LogP contribution in [0.2, 0.25) is 0 Å². The molecule has 86 valence electrons. The highest BCUT2D eigenvalue weighted by atomic mass is 16.4. The minimum atomic E-state index is -1.14. The van der Waals surface area contributed by atoms with E-state index in [9.17, 15) is 9.59 Å². The van der Waals surface area contributed by atoms with Crippen molar-refractivity contribution < 1.29 is 14.7 Å². The molecule has 0 aliphatic heterocycles. The van der Waals surface area contributed by atoms with Gasteiger partial charge in [-0.2, -0.15) is 0 Å². The molecule has 0 radical (unpaired) electrons. The zero-order valence-electron chi connectivity index (χ0n) is 8.56. The van der Waals surface area contributed by atoms with Crippen molar-refractivity contribution in [1.82, 2.24) is 5.32 Å². The maximum absolute atomic E-state index is 11.3. The third-order valence-electron chi connectivity index (χ3n) is 1.80. The third-order valence-corrected chi connectivity index (χ3v) is 1.80. The van der Waals surface area contributed by atoms with Crippen LogP contribution in [0.3, 0.4) is 0 Å². The van der Waals surface area contributed by atoms with E-state index in [1.807, 2.05) is 0 Å². The van der Waals surface area contributed by atoms with Gasteiger partial charge >= 0.3 is 6.09 Å². The molecule has 0 bridgehead atoms. The quantitative estimate of drug-likeness (QED) is 0.568. The number of rotatable bonds is 4. The number of hydrogen-bond acceptors (Lipinski definition) is 3. The van der Waals surface area contributed by atoms with Gasteiger partial charge < -0.3 is 21.5 Å². The van der Waals surface area contributed by atoms with Crippen molar-refractivity contribution in [2.45, 2.75) is 6.42 Å². The maximum Gasteiger partial charge on any atom is 0.404 e. The Labute approximate surface area is 92.4 Å². The summed E-state index contributed by atoms with van der Waals surface area (Å²) in [6.07, 6.45) is -1.06. The fourth-order valence-electron chi connectivity index (χ4n) is 1.12. The van der Waals surface area contributed by atoms with Gasteiger partial charge in [0, 0.05) is 24.3 Å². The molecule has 0 aromatic heterocycles. The van der Waals surface area contributed by atoms with Crippen molar-refractivity contribution in [3.8, 4) is 0 Å². The lowest BCUT2D eigenvalue weighted by molar-refractivity contribution is -0.116. The lowest BCUT2D eigenvalue weighted by Crippen LogP contribution is -2.25. The van der Waals surface area contributed by atoms with Gasteiger partial charge in [-0.25, -0.2) is 4.79 Å². The molecule has 6 nitrogen and oxygen atoms in total. The number of benzene rings is 1. The monoisotopic (exact) mass is 223 g/mol. The van der Waals surface area contributed by atoms with Crippen LogP contribution < -0.4 is 16.4 Å². The van der Waals surface area contributed by atoms with Crippen molar-refractivity contribution >= 4 is 23.4 Å². The number of nitrogens with one attached hydrogen (secondary N) is 2. The van der Waals surface area contributed by atoms with Gasteiger partial charge in [0.2, 0.25) is 5.91 Å². The summed E-state index contributed by atoms with van der Waals surface area (Å²) in [5.74, 6) is -0.264. The zero-order chi connectivity index (χ0) is 12.0. The molecule has 6 heteroatoms. The fourth-order valence-corrected chi connectivity index (χ4v) is 1.12. The Hall–Kier alpha value is -2.24. The molecule has 0 atom stereocenters. The summed E-state index contributed by atoms with van der Waals surface area (Å²) in [6, 6.07) is 6.77. The topological polar surface area (TPSA) is 104 Å². The molecule has 0 aliphatic rings. The van der Waals surface area contributed by atoms with Crippen molar-refractivity contribution in [3.63, 3.8) is 0 Å². The summed E-state index contributed by atoms with van der Waals surface area (Å²) < 4.78 is 0. The smallest absolute Gasteiger partial charge is 0.404 e. The van der Waals surface area contributed by atoms with Gasteiger partial charge in [-0.15, -0.1) is 0 Å². The number of nitrogens with two attached hydrogens (primary N) is 1. The molecule has 1 aromatic rings. The molecule has 0 heterocycles. The van der Waals surface area contributed by atoms with Crippen LogP contribution in [0.5, 0.6) is 0 Å². The highest BCUT2D eigenvalue weighted by Crippen LogP contribution is 2.11. The van der Waals surface area contributed by atoms with Gasteiger partial charge in [0.25, 0.3) is 0 Å². The zero-order valence-corrected chi connectivity index (χ0v) is 8.56. The fraction of sp³-hybridized carbons (Fsp3) is 0.200. The number of amides is 2. The average molecular weight is 223 g/mol. The number of nitrogen functional groups attached to an aromatic ring is 1. The summed E-state index contributed by atoms with van der Waals surface area (Å²) in [5, 5.41) is 13.0. The molecular formula is C10H13N3O3. The SMILES string of the molecule is Nc1cccc(NC(=O)CCNC(=O)O)c1. The molecule has 0 saturated heterocycles. The van der Waals surface area contributed by atoms with E-state index in [-0.39, 0.29) is 18.9 Å². The number of anilines is 2. The summed E-state index contributed by atoms with van der Waals surface area (Å²) in [4.78, 5) is 21.4. The highest BCUT2D eigenvalue weighted by molar-refractivity contribution is 5.91. The molecule has 5 N–H and O–H groups in total. The van der Waals surface area contributed by atoms with E-state index in [2.05, 4.69) is 10.6 Å².